The van der Waals surface area contributed by atoms with Crippen molar-refractivity contribution in [2.45, 2.75) is 50.8 Å². The minimum atomic E-state index is 0.657. The predicted octanol–water partition coefficient (Wildman–Crippen LogP) is 5.86. The molecule has 0 heterocycles. The van der Waals surface area contributed by atoms with Crippen molar-refractivity contribution >= 4 is 38.5 Å². The van der Waals surface area contributed by atoms with Gasteiger partial charge in [-0.15, -0.1) is 6.58 Å². The zero-order valence-corrected chi connectivity index (χ0v) is 13.1. The third-order valence-electron chi connectivity index (χ3n) is 1.55. The molecule has 0 spiro atoms. The van der Waals surface area contributed by atoms with Crippen molar-refractivity contribution < 1.29 is 0 Å². The zero-order valence-electron chi connectivity index (χ0n) is 9.36. The third-order valence-corrected chi connectivity index (χ3v) is 2.92. The number of allylic oxidation sites excluding steroid dienone is 2. The summed E-state index contributed by atoms with van der Waals surface area (Å²) in [4.78, 5) is 0.657. The molecule has 0 aromatic rings. The Morgan fingerprint density at radius 2 is 2.00 bits per heavy atom. The molecule has 0 amide bonds. The van der Waals surface area contributed by atoms with Crippen LogP contribution in [0.15, 0.2) is 22.8 Å². The van der Waals surface area contributed by atoms with Gasteiger partial charge in [0, 0.05) is 4.83 Å². The van der Waals surface area contributed by atoms with Crippen LogP contribution in [0.2, 0.25) is 0 Å². The number of halogens is 2. The quantitative estimate of drug-likeness (QED) is 0.311. The number of hydrogen-bond acceptors (Lipinski definition) is 0. The summed E-state index contributed by atoms with van der Waals surface area (Å²) in [5.74, 6) is 0. The van der Waals surface area contributed by atoms with Crippen LogP contribution in [0.5, 0.6) is 0 Å². The van der Waals surface area contributed by atoms with Crippen LogP contribution in [0.25, 0.3) is 0 Å². The molecule has 0 radical (unpaired) electrons. The van der Waals surface area contributed by atoms with Crippen LogP contribution in [0.3, 0.4) is 0 Å². The highest BCUT2D eigenvalue weighted by molar-refractivity contribution is 14.1. The number of hydrogen-bond donors (Lipinski definition) is 0. The summed E-state index contributed by atoms with van der Waals surface area (Å²) >= 11 is 5.77. The molecule has 0 aliphatic heterocycles. The molecular formula is C12H22BrI. The van der Waals surface area contributed by atoms with Crippen molar-refractivity contribution in [1.29, 1.82) is 0 Å². The Morgan fingerprint density at radius 1 is 1.43 bits per heavy atom. The van der Waals surface area contributed by atoms with E-state index in [1.807, 2.05) is 6.08 Å². The average molecular weight is 373 g/mol. The minimum Gasteiger partial charge on any atom is -0.103 e. The van der Waals surface area contributed by atoms with E-state index in [0.717, 1.165) is 6.42 Å². The lowest BCUT2D eigenvalue weighted by Gasteiger charge is -2.01. The van der Waals surface area contributed by atoms with Gasteiger partial charge in [0.25, 0.3) is 0 Å². The number of alkyl halides is 1. The highest BCUT2D eigenvalue weighted by Crippen LogP contribution is 2.11. The summed E-state index contributed by atoms with van der Waals surface area (Å²) in [6, 6.07) is 0. The molecule has 2 heteroatoms. The molecule has 0 N–H and O–H groups in total. The van der Waals surface area contributed by atoms with Crippen LogP contribution in [0, 0.1) is 0 Å². The maximum Gasteiger partial charge on any atom is 0.0180 e. The molecule has 0 bridgehead atoms. The van der Waals surface area contributed by atoms with Gasteiger partial charge in [-0.25, -0.2) is 0 Å². The summed E-state index contributed by atoms with van der Waals surface area (Å²) in [7, 11) is 0. The van der Waals surface area contributed by atoms with E-state index in [0.29, 0.717) is 4.83 Å². The Bertz CT molecular complexity index is 143. The van der Waals surface area contributed by atoms with Crippen molar-refractivity contribution in [3.05, 3.63) is 22.8 Å². The molecule has 1 atom stereocenters. The molecule has 84 valence electrons. The molecule has 0 aromatic heterocycles. The van der Waals surface area contributed by atoms with E-state index in [4.69, 9.17) is 0 Å². The Hall–Kier alpha value is 0.690. The first kappa shape index (κ1) is 17.1. The highest BCUT2D eigenvalue weighted by atomic mass is 127. The van der Waals surface area contributed by atoms with E-state index in [1.165, 1.54) is 29.3 Å². The van der Waals surface area contributed by atoms with Gasteiger partial charge in [-0.2, -0.15) is 0 Å². The van der Waals surface area contributed by atoms with Crippen molar-refractivity contribution in [3.8, 4) is 0 Å². The zero-order chi connectivity index (χ0) is 11.4. The Balaban J connectivity index is 0. The number of rotatable bonds is 6. The Labute approximate surface area is 112 Å². The van der Waals surface area contributed by atoms with Gasteiger partial charge in [-0.3, -0.25) is 0 Å². The van der Waals surface area contributed by atoms with Gasteiger partial charge in [0.1, 0.15) is 0 Å². The summed E-state index contributed by atoms with van der Waals surface area (Å²) in [6.45, 7) is 11.7. The molecule has 0 aliphatic carbocycles. The van der Waals surface area contributed by atoms with Crippen molar-refractivity contribution in [3.63, 3.8) is 0 Å². The van der Waals surface area contributed by atoms with E-state index in [-0.39, 0.29) is 0 Å². The predicted molar refractivity (Wildman–Crippen MR) is 80.5 cm³/mol. The normalized spacial score (nSPS) is 11.1. The fraction of sp³-hybridized carbons (Fsp3) is 0.667. The largest absolute Gasteiger partial charge is 0.103 e. The first-order chi connectivity index (χ1) is 6.58. The second-order valence-electron chi connectivity index (χ2n) is 3.18. The maximum atomic E-state index is 3.73. The monoisotopic (exact) mass is 372 g/mol. The molecule has 0 saturated carbocycles. The lowest BCUT2D eigenvalue weighted by Crippen LogP contribution is -1.92. The van der Waals surface area contributed by atoms with Crippen LogP contribution < -0.4 is 0 Å². The van der Waals surface area contributed by atoms with Gasteiger partial charge in [0.05, 0.1) is 0 Å². The second kappa shape index (κ2) is 13.7. The fourth-order valence-corrected chi connectivity index (χ4v) is 2.14. The SMILES string of the molecule is C=C(I)CCC.C=CCC(Br)CCC. The summed E-state index contributed by atoms with van der Waals surface area (Å²) in [5.41, 5.74) is 0. The minimum absolute atomic E-state index is 0.657. The summed E-state index contributed by atoms with van der Waals surface area (Å²) < 4.78 is 1.26. The molecule has 0 nitrogen and oxygen atoms in total. The van der Waals surface area contributed by atoms with Gasteiger partial charge < -0.3 is 0 Å². The lowest BCUT2D eigenvalue weighted by atomic mass is 10.2. The lowest BCUT2D eigenvalue weighted by molar-refractivity contribution is 0.757. The van der Waals surface area contributed by atoms with Gasteiger partial charge >= 0.3 is 0 Å². The molecule has 1 unspecified atom stereocenters. The second-order valence-corrected chi connectivity index (χ2v) is 6.00. The molecule has 0 aromatic carbocycles. The molecule has 0 fully saturated rings. The van der Waals surface area contributed by atoms with Gasteiger partial charge in [-0.05, 0) is 45.4 Å². The van der Waals surface area contributed by atoms with Crippen LogP contribution in [-0.2, 0) is 0 Å². The van der Waals surface area contributed by atoms with Crippen LogP contribution in [-0.4, -0.2) is 4.83 Å². The van der Waals surface area contributed by atoms with Crippen LogP contribution in [0.4, 0.5) is 0 Å². The van der Waals surface area contributed by atoms with Crippen molar-refractivity contribution in [1.82, 2.24) is 0 Å². The van der Waals surface area contributed by atoms with E-state index in [1.54, 1.807) is 0 Å². The molecule has 0 rings (SSSR count). The van der Waals surface area contributed by atoms with Gasteiger partial charge in [-0.1, -0.05) is 55.3 Å². The van der Waals surface area contributed by atoms with Gasteiger partial charge in [0.2, 0.25) is 0 Å². The summed E-state index contributed by atoms with van der Waals surface area (Å²) in [5, 5.41) is 0. The Kier molecular flexibility index (Phi) is 16.7. The Morgan fingerprint density at radius 3 is 2.21 bits per heavy atom. The van der Waals surface area contributed by atoms with E-state index in [2.05, 4.69) is 65.5 Å². The fourth-order valence-electron chi connectivity index (χ4n) is 0.883. The third kappa shape index (κ3) is 18.5. The highest BCUT2D eigenvalue weighted by Gasteiger charge is 1.96. The van der Waals surface area contributed by atoms with Crippen molar-refractivity contribution in [2.75, 3.05) is 0 Å². The first-order valence-electron chi connectivity index (χ1n) is 5.16. The summed E-state index contributed by atoms with van der Waals surface area (Å²) in [6.07, 6.45) is 7.95. The van der Waals surface area contributed by atoms with Crippen LogP contribution >= 0.6 is 38.5 Å². The smallest absolute Gasteiger partial charge is 0.0180 e. The standard InChI is InChI=1S/C7H13Br.C5H9I/c1-3-5-7(8)6-4-2;1-3-4-5(2)6/h3,7H,1,4-6H2,2H3;2-4H2,1H3. The molecular weight excluding hydrogens is 351 g/mol. The van der Waals surface area contributed by atoms with Crippen molar-refractivity contribution in [2.24, 2.45) is 0 Å². The van der Waals surface area contributed by atoms with Crippen LogP contribution in [0.1, 0.15) is 46.0 Å². The molecule has 0 aliphatic rings. The maximum absolute atomic E-state index is 3.73. The first-order valence-corrected chi connectivity index (χ1v) is 7.16. The van der Waals surface area contributed by atoms with E-state index < -0.39 is 0 Å². The molecule has 14 heavy (non-hydrogen) atoms. The van der Waals surface area contributed by atoms with E-state index >= 15 is 0 Å². The average Bonchev–Trinajstić information content (AvgIpc) is 2.05. The topological polar surface area (TPSA) is 0 Å². The molecule has 0 saturated heterocycles. The van der Waals surface area contributed by atoms with E-state index in [9.17, 15) is 0 Å². The van der Waals surface area contributed by atoms with Gasteiger partial charge in [0.15, 0.2) is 0 Å².